The van der Waals surface area contributed by atoms with Crippen molar-refractivity contribution in [3.8, 4) is 17.0 Å². The molecule has 8 nitrogen and oxygen atoms in total. The van der Waals surface area contributed by atoms with Gasteiger partial charge < -0.3 is 15.2 Å². The van der Waals surface area contributed by atoms with E-state index in [0.717, 1.165) is 35.9 Å². The van der Waals surface area contributed by atoms with Gasteiger partial charge in [-0.2, -0.15) is 13.2 Å². The Labute approximate surface area is 251 Å². The predicted molar refractivity (Wildman–Crippen MR) is 152 cm³/mol. The molecule has 2 aromatic carbocycles. The highest BCUT2D eigenvalue weighted by molar-refractivity contribution is 7.92. The van der Waals surface area contributed by atoms with E-state index in [-0.39, 0.29) is 48.7 Å². The number of thiophene rings is 1. The summed E-state index contributed by atoms with van der Waals surface area (Å²) in [7, 11) is -3.64. The number of aliphatic hydroxyl groups is 1. The van der Waals surface area contributed by atoms with Gasteiger partial charge in [-0.25, -0.2) is 22.2 Å². The number of pyridine rings is 1. The number of hydrogen-bond acceptors (Lipinski definition) is 7. The van der Waals surface area contributed by atoms with Crippen LogP contribution in [0.5, 0.6) is 5.75 Å². The van der Waals surface area contributed by atoms with Gasteiger partial charge in [-0.15, -0.1) is 11.3 Å². The Hall–Kier alpha value is -3.79. The van der Waals surface area contributed by atoms with Gasteiger partial charge in [-0.1, -0.05) is 11.6 Å². The first-order valence-electron chi connectivity index (χ1n) is 12.1. The van der Waals surface area contributed by atoms with E-state index in [1.807, 2.05) is 0 Å². The number of alkyl halides is 3. The van der Waals surface area contributed by atoms with E-state index in [2.05, 4.69) is 15.0 Å². The summed E-state index contributed by atoms with van der Waals surface area (Å²) in [5.41, 5.74) is -1.04. The second-order valence-electron chi connectivity index (χ2n) is 9.26. The average Bonchev–Trinajstić information content (AvgIpc) is 3.31. The Morgan fingerprint density at radius 3 is 2.42 bits per heavy atom. The van der Waals surface area contributed by atoms with Crippen molar-refractivity contribution < 1.29 is 45.0 Å². The second-order valence-corrected chi connectivity index (χ2v) is 12.5. The lowest BCUT2D eigenvalue weighted by molar-refractivity contribution is -0.137. The molecule has 3 N–H and O–H groups in total. The van der Waals surface area contributed by atoms with Crippen LogP contribution >= 0.6 is 22.9 Å². The summed E-state index contributed by atoms with van der Waals surface area (Å²) in [6, 6.07) is 8.16. The summed E-state index contributed by atoms with van der Waals surface area (Å²) < 4.78 is 98.4. The molecular weight excluding hydrogens is 641 g/mol. The molecule has 0 bridgehead atoms. The third kappa shape index (κ3) is 8.40. The van der Waals surface area contributed by atoms with Gasteiger partial charge in [-0.05, 0) is 55.0 Å². The summed E-state index contributed by atoms with van der Waals surface area (Å²) >= 11 is 6.93. The average molecular weight is 662 g/mol. The molecule has 0 radical (unpaired) electrons. The fraction of sp³-hybridized carbons (Fsp3) is 0.185. The molecule has 1 amide bonds. The van der Waals surface area contributed by atoms with Crippen molar-refractivity contribution in [2.24, 2.45) is 0 Å². The number of aromatic nitrogens is 1. The van der Waals surface area contributed by atoms with Crippen LogP contribution in [0, 0.1) is 11.6 Å². The number of rotatable bonds is 9. The van der Waals surface area contributed by atoms with Crippen LogP contribution < -0.4 is 14.8 Å². The first-order valence-corrected chi connectivity index (χ1v) is 15.1. The van der Waals surface area contributed by atoms with Crippen molar-refractivity contribution in [1.29, 1.82) is 0 Å². The van der Waals surface area contributed by atoms with Crippen LogP contribution in [0.3, 0.4) is 0 Å². The summed E-state index contributed by atoms with van der Waals surface area (Å²) in [5, 5.41) is 13.1. The SMILES string of the molecule is C[C@@H](O)c1sc(C(=O)Nc2cc(Cl)cc(NS(C)(=O)=O)c2)cc1-c1ncc(F)cc1OCc1cc(F)cc(C(F)(F)F)c1. The van der Waals surface area contributed by atoms with E-state index in [0.29, 0.717) is 12.1 Å². The topological polar surface area (TPSA) is 118 Å². The molecule has 228 valence electrons. The zero-order valence-corrected chi connectivity index (χ0v) is 24.5. The number of carbonyl (C=O) groups is 1. The van der Waals surface area contributed by atoms with Gasteiger partial charge in [0.2, 0.25) is 10.0 Å². The van der Waals surface area contributed by atoms with Crippen LogP contribution in [-0.2, 0) is 22.8 Å². The maximum Gasteiger partial charge on any atom is 0.416 e. The number of amides is 1. The van der Waals surface area contributed by atoms with Gasteiger partial charge in [0.1, 0.15) is 29.7 Å². The van der Waals surface area contributed by atoms with Crippen LogP contribution in [0.4, 0.5) is 33.3 Å². The maximum atomic E-state index is 14.2. The van der Waals surface area contributed by atoms with Crippen LogP contribution in [0.1, 0.15) is 38.7 Å². The monoisotopic (exact) mass is 661 g/mol. The number of ether oxygens (including phenoxy) is 1. The van der Waals surface area contributed by atoms with E-state index >= 15 is 0 Å². The molecule has 0 spiro atoms. The third-order valence-corrected chi connectivity index (χ3v) is 7.71. The predicted octanol–water partition coefficient (Wildman–Crippen LogP) is 7.02. The molecule has 0 fully saturated rings. The van der Waals surface area contributed by atoms with Crippen LogP contribution in [-0.4, -0.2) is 30.7 Å². The van der Waals surface area contributed by atoms with Gasteiger partial charge in [0.15, 0.2) is 0 Å². The van der Waals surface area contributed by atoms with Crippen LogP contribution in [0.2, 0.25) is 5.02 Å². The number of halogens is 6. The Morgan fingerprint density at radius 1 is 1.07 bits per heavy atom. The molecule has 0 unspecified atom stereocenters. The minimum atomic E-state index is -4.81. The highest BCUT2D eigenvalue weighted by atomic mass is 35.5. The quantitative estimate of drug-likeness (QED) is 0.166. The number of benzene rings is 2. The number of nitrogens with one attached hydrogen (secondary N) is 2. The van der Waals surface area contributed by atoms with Gasteiger partial charge in [-0.3, -0.25) is 9.52 Å². The normalized spacial score (nSPS) is 12.6. The van der Waals surface area contributed by atoms with Crippen molar-refractivity contribution >= 4 is 50.2 Å². The van der Waals surface area contributed by atoms with Crippen LogP contribution in [0.25, 0.3) is 11.3 Å². The smallest absolute Gasteiger partial charge is 0.416 e. The summed E-state index contributed by atoms with van der Waals surface area (Å²) in [6.45, 7) is 0.825. The van der Waals surface area contributed by atoms with Crippen molar-refractivity contribution in [1.82, 2.24) is 4.98 Å². The van der Waals surface area contributed by atoms with E-state index in [4.69, 9.17) is 16.3 Å². The molecule has 4 aromatic rings. The van der Waals surface area contributed by atoms with E-state index in [1.165, 1.54) is 31.2 Å². The lowest BCUT2D eigenvalue weighted by Crippen LogP contribution is -2.12. The lowest BCUT2D eigenvalue weighted by atomic mass is 10.1. The minimum absolute atomic E-state index is 0.0394. The molecule has 0 saturated heterocycles. The largest absolute Gasteiger partial charge is 0.487 e. The fourth-order valence-corrected chi connectivity index (χ4v) is 5.71. The second kappa shape index (κ2) is 12.4. The number of nitrogens with zero attached hydrogens (tertiary/aromatic N) is 1. The minimum Gasteiger partial charge on any atom is -0.487 e. The van der Waals surface area contributed by atoms with E-state index in [9.17, 15) is 40.3 Å². The van der Waals surface area contributed by atoms with E-state index < -0.39 is 52.0 Å². The molecule has 0 aliphatic carbocycles. The van der Waals surface area contributed by atoms with Crippen molar-refractivity contribution in [3.63, 3.8) is 0 Å². The Morgan fingerprint density at radius 2 is 1.77 bits per heavy atom. The summed E-state index contributed by atoms with van der Waals surface area (Å²) in [4.78, 5) is 17.4. The highest BCUT2D eigenvalue weighted by Gasteiger charge is 2.31. The number of carbonyl (C=O) groups excluding carboxylic acids is 1. The first-order chi connectivity index (χ1) is 20.0. The maximum absolute atomic E-state index is 14.2. The number of aliphatic hydroxyl groups excluding tert-OH is 1. The fourth-order valence-electron chi connectivity index (χ4n) is 3.93. The third-order valence-electron chi connectivity index (χ3n) is 5.58. The van der Waals surface area contributed by atoms with Gasteiger partial charge in [0, 0.05) is 27.2 Å². The molecule has 1 atom stereocenters. The lowest BCUT2D eigenvalue weighted by Gasteiger charge is -2.14. The zero-order chi connectivity index (χ0) is 31.7. The van der Waals surface area contributed by atoms with Gasteiger partial charge in [0.05, 0.1) is 34.7 Å². The molecule has 16 heteroatoms. The Kier molecular flexibility index (Phi) is 9.30. The van der Waals surface area contributed by atoms with Crippen molar-refractivity contribution in [3.05, 3.63) is 92.3 Å². The molecule has 2 heterocycles. The van der Waals surface area contributed by atoms with Gasteiger partial charge in [0.25, 0.3) is 5.91 Å². The highest BCUT2D eigenvalue weighted by Crippen LogP contribution is 2.40. The standard InChI is InChI=1S/C27H21ClF5N3O5S2/c1-13(37)25-21(10-23(42-25)26(38)35-19-6-16(28)7-20(9-19)36-43(2,39)40)24-22(8-18(30)11-34-24)41-12-14-3-15(27(31,32)33)5-17(29)4-14/h3-11,13,36-37H,12H2,1-2H3,(H,35,38)/t13-/m1/s1. The zero-order valence-electron chi connectivity index (χ0n) is 22.1. The van der Waals surface area contributed by atoms with Crippen LogP contribution in [0.15, 0.2) is 54.7 Å². The number of hydrogen-bond donors (Lipinski definition) is 3. The Bertz CT molecular complexity index is 1800. The molecule has 4 rings (SSSR count). The molecular formula is C27H21ClF5N3O5S2. The number of anilines is 2. The molecule has 0 saturated carbocycles. The molecule has 0 aliphatic heterocycles. The summed E-state index contributed by atoms with van der Waals surface area (Å²) in [6.07, 6.45) is -4.16. The van der Waals surface area contributed by atoms with Crippen molar-refractivity contribution in [2.45, 2.75) is 25.8 Å². The Balaban J connectivity index is 1.65. The molecule has 0 aliphatic rings. The number of sulfonamides is 1. The summed E-state index contributed by atoms with van der Waals surface area (Å²) in [5.74, 6) is -2.90. The van der Waals surface area contributed by atoms with Crippen molar-refractivity contribution in [2.75, 3.05) is 16.3 Å². The molecule has 43 heavy (non-hydrogen) atoms. The molecule has 2 aromatic heterocycles. The first kappa shape index (κ1) is 32.1. The van der Waals surface area contributed by atoms with Gasteiger partial charge >= 0.3 is 6.18 Å². The van der Waals surface area contributed by atoms with E-state index in [1.54, 1.807) is 0 Å².